The second kappa shape index (κ2) is 9.05. The van der Waals surface area contributed by atoms with Crippen LogP contribution in [0, 0.1) is 19.8 Å². The number of halogens is 3. The first kappa shape index (κ1) is 22.5. The highest BCUT2D eigenvalue weighted by atomic mass is 19.4. The Bertz CT molecular complexity index is 1080. The standard InChI is InChI=1S/C23H29F3N6/c1-14-11-18(23(24,25)26)20-19(12-14)30-21(31-20)17-13-28-22(29-15(17)2)27-8-4-5-16-6-9-32(3)10-7-16/h11-13,16H,4-10H2,1-3H3,(H,30,31)(H,27,28,29). The molecule has 1 aliphatic heterocycles. The third-order valence-corrected chi connectivity index (χ3v) is 6.18. The Kier molecular flexibility index (Phi) is 6.37. The van der Waals surface area contributed by atoms with Crippen LogP contribution in [0.2, 0.25) is 0 Å². The lowest BCUT2D eigenvalue weighted by Crippen LogP contribution is -2.30. The fourth-order valence-corrected chi connectivity index (χ4v) is 4.33. The summed E-state index contributed by atoms with van der Waals surface area (Å²) in [5.41, 5.74) is 1.28. The van der Waals surface area contributed by atoms with E-state index in [9.17, 15) is 13.2 Å². The summed E-state index contributed by atoms with van der Waals surface area (Å²) in [5, 5.41) is 3.26. The molecule has 0 bridgehead atoms. The van der Waals surface area contributed by atoms with Crippen molar-refractivity contribution in [3.05, 3.63) is 35.2 Å². The van der Waals surface area contributed by atoms with Crippen LogP contribution >= 0.6 is 0 Å². The van der Waals surface area contributed by atoms with Gasteiger partial charge in [0.05, 0.1) is 22.3 Å². The van der Waals surface area contributed by atoms with Crippen molar-refractivity contribution < 1.29 is 13.2 Å². The van der Waals surface area contributed by atoms with Crippen LogP contribution in [0.1, 0.15) is 42.5 Å². The highest BCUT2D eigenvalue weighted by Gasteiger charge is 2.34. The van der Waals surface area contributed by atoms with Crippen molar-refractivity contribution in [1.29, 1.82) is 0 Å². The highest BCUT2D eigenvalue weighted by molar-refractivity contribution is 5.84. The monoisotopic (exact) mass is 446 g/mol. The predicted octanol–water partition coefficient (Wildman–Crippen LogP) is 5.19. The second-order valence-electron chi connectivity index (χ2n) is 8.80. The first-order chi connectivity index (χ1) is 15.2. The van der Waals surface area contributed by atoms with E-state index in [1.165, 1.54) is 32.4 Å². The summed E-state index contributed by atoms with van der Waals surface area (Å²) in [6, 6.07) is 2.78. The van der Waals surface area contributed by atoms with Crippen molar-refractivity contribution in [3.63, 3.8) is 0 Å². The third kappa shape index (κ3) is 5.03. The lowest BCUT2D eigenvalue weighted by molar-refractivity contribution is -0.136. The number of benzene rings is 1. The number of likely N-dealkylation sites (tertiary alicyclic amines) is 1. The van der Waals surface area contributed by atoms with Gasteiger partial charge in [-0.2, -0.15) is 13.2 Å². The molecule has 1 fully saturated rings. The van der Waals surface area contributed by atoms with Gasteiger partial charge in [-0.15, -0.1) is 0 Å². The number of hydrogen-bond donors (Lipinski definition) is 2. The van der Waals surface area contributed by atoms with Gasteiger partial charge in [-0.1, -0.05) is 0 Å². The van der Waals surface area contributed by atoms with Crippen molar-refractivity contribution >= 4 is 17.0 Å². The first-order valence-corrected chi connectivity index (χ1v) is 11.0. The van der Waals surface area contributed by atoms with E-state index in [1.807, 2.05) is 6.92 Å². The number of hydrogen-bond acceptors (Lipinski definition) is 5. The zero-order valence-electron chi connectivity index (χ0n) is 18.7. The Hall–Kier alpha value is -2.68. The maximum atomic E-state index is 13.4. The quantitative estimate of drug-likeness (QED) is 0.510. The van der Waals surface area contributed by atoms with E-state index < -0.39 is 11.7 Å². The molecule has 0 radical (unpaired) electrons. The molecule has 4 rings (SSSR count). The fourth-order valence-electron chi connectivity index (χ4n) is 4.33. The molecule has 1 aromatic carbocycles. The van der Waals surface area contributed by atoms with Gasteiger partial charge < -0.3 is 15.2 Å². The van der Waals surface area contributed by atoms with Crippen LogP contribution in [0.15, 0.2) is 18.3 Å². The second-order valence-corrected chi connectivity index (χ2v) is 8.80. The SMILES string of the molecule is Cc1cc(C(F)(F)F)c2nc(-c3cnc(NCCCC4CCN(C)CC4)nc3C)[nH]c2c1. The van der Waals surface area contributed by atoms with Crippen molar-refractivity contribution in [2.24, 2.45) is 5.92 Å². The van der Waals surface area contributed by atoms with Crippen molar-refractivity contribution in [2.45, 2.75) is 45.7 Å². The fraction of sp³-hybridized carbons (Fsp3) is 0.522. The molecule has 0 aliphatic carbocycles. The molecular formula is C23H29F3N6. The molecule has 0 unspecified atom stereocenters. The number of aromatic amines is 1. The number of H-pyrrole nitrogens is 1. The molecule has 3 heterocycles. The molecule has 1 saturated heterocycles. The largest absolute Gasteiger partial charge is 0.418 e. The van der Waals surface area contributed by atoms with Crippen molar-refractivity contribution in [2.75, 3.05) is 32.0 Å². The number of anilines is 1. The molecular weight excluding hydrogens is 417 g/mol. The summed E-state index contributed by atoms with van der Waals surface area (Å²) < 4.78 is 40.3. The van der Waals surface area contributed by atoms with Gasteiger partial charge >= 0.3 is 6.18 Å². The highest BCUT2D eigenvalue weighted by Crippen LogP contribution is 2.36. The Morgan fingerprint density at radius 2 is 1.91 bits per heavy atom. The number of imidazole rings is 1. The topological polar surface area (TPSA) is 69.7 Å². The maximum Gasteiger partial charge on any atom is 0.418 e. The summed E-state index contributed by atoms with van der Waals surface area (Å²) in [6.07, 6.45) is 1.91. The van der Waals surface area contributed by atoms with Crippen molar-refractivity contribution in [1.82, 2.24) is 24.8 Å². The summed E-state index contributed by atoms with van der Waals surface area (Å²) in [6.45, 7) is 6.59. The lowest BCUT2D eigenvalue weighted by atomic mass is 9.92. The van der Waals surface area contributed by atoms with Gasteiger partial charge in [0, 0.05) is 12.7 Å². The number of nitrogens with zero attached hydrogens (tertiary/aromatic N) is 4. The van der Waals surface area contributed by atoms with Crippen LogP contribution < -0.4 is 5.32 Å². The Labute approximate surface area is 185 Å². The minimum Gasteiger partial charge on any atom is -0.354 e. The molecule has 172 valence electrons. The van der Waals surface area contributed by atoms with Gasteiger partial charge in [0.1, 0.15) is 11.3 Å². The van der Waals surface area contributed by atoms with Gasteiger partial charge in [0.15, 0.2) is 0 Å². The zero-order valence-corrected chi connectivity index (χ0v) is 18.7. The predicted molar refractivity (Wildman–Crippen MR) is 120 cm³/mol. The van der Waals surface area contributed by atoms with Crippen LogP contribution in [0.5, 0.6) is 0 Å². The zero-order chi connectivity index (χ0) is 22.9. The molecule has 6 nitrogen and oxygen atoms in total. The van der Waals surface area contributed by atoms with E-state index in [4.69, 9.17) is 0 Å². The molecule has 3 aromatic rings. The van der Waals surface area contributed by atoms with Gasteiger partial charge in [-0.25, -0.2) is 15.0 Å². The average molecular weight is 447 g/mol. The summed E-state index contributed by atoms with van der Waals surface area (Å²) in [4.78, 5) is 18.5. The minimum atomic E-state index is -4.47. The van der Waals surface area contributed by atoms with E-state index in [1.54, 1.807) is 19.2 Å². The molecule has 0 amide bonds. The van der Waals surface area contributed by atoms with Gasteiger partial charge in [0.2, 0.25) is 5.95 Å². The van der Waals surface area contributed by atoms with E-state index >= 15 is 0 Å². The molecule has 2 N–H and O–H groups in total. The summed E-state index contributed by atoms with van der Waals surface area (Å²) in [7, 11) is 2.17. The number of alkyl halides is 3. The number of aryl methyl sites for hydroxylation is 2. The molecule has 32 heavy (non-hydrogen) atoms. The normalized spacial score (nSPS) is 16.1. The molecule has 1 aliphatic rings. The number of piperidine rings is 1. The number of nitrogens with one attached hydrogen (secondary N) is 2. The van der Waals surface area contributed by atoms with E-state index in [0.29, 0.717) is 34.1 Å². The summed E-state index contributed by atoms with van der Waals surface area (Å²) in [5.74, 6) is 1.65. The number of rotatable bonds is 6. The van der Waals surface area contributed by atoms with Crippen LogP contribution in [-0.2, 0) is 6.18 Å². The molecule has 9 heteroatoms. The third-order valence-electron chi connectivity index (χ3n) is 6.18. The molecule has 0 saturated carbocycles. The van der Waals surface area contributed by atoms with Crippen LogP contribution in [-0.4, -0.2) is 51.5 Å². The maximum absolute atomic E-state index is 13.4. The Balaban J connectivity index is 1.43. The Morgan fingerprint density at radius 3 is 2.59 bits per heavy atom. The number of fused-ring (bicyclic) bond motifs is 1. The number of aromatic nitrogens is 4. The minimum absolute atomic E-state index is 0.0893. The molecule has 0 spiro atoms. The van der Waals surface area contributed by atoms with E-state index in [0.717, 1.165) is 24.9 Å². The van der Waals surface area contributed by atoms with Gasteiger partial charge in [0.25, 0.3) is 0 Å². The summed E-state index contributed by atoms with van der Waals surface area (Å²) >= 11 is 0. The average Bonchev–Trinajstić information content (AvgIpc) is 3.14. The van der Waals surface area contributed by atoms with Crippen LogP contribution in [0.25, 0.3) is 22.4 Å². The van der Waals surface area contributed by atoms with Gasteiger partial charge in [-0.05, 0) is 83.3 Å². The molecule has 2 aromatic heterocycles. The van der Waals surface area contributed by atoms with Crippen LogP contribution in [0.3, 0.4) is 0 Å². The molecule has 0 atom stereocenters. The van der Waals surface area contributed by atoms with Crippen LogP contribution in [0.4, 0.5) is 19.1 Å². The lowest BCUT2D eigenvalue weighted by Gasteiger charge is -2.28. The van der Waals surface area contributed by atoms with E-state index in [2.05, 4.69) is 37.2 Å². The smallest absolute Gasteiger partial charge is 0.354 e. The Morgan fingerprint density at radius 1 is 1.16 bits per heavy atom. The first-order valence-electron chi connectivity index (χ1n) is 11.0. The van der Waals surface area contributed by atoms with Gasteiger partial charge in [-0.3, -0.25) is 0 Å². The van der Waals surface area contributed by atoms with Crippen molar-refractivity contribution in [3.8, 4) is 11.4 Å². The van der Waals surface area contributed by atoms with E-state index in [-0.39, 0.29) is 5.52 Å².